The monoisotopic (exact) mass is 302 g/mol. The normalized spacial score (nSPS) is 19.4. The highest BCUT2D eigenvalue weighted by molar-refractivity contribution is 5.70. The molecule has 0 spiro atoms. The van der Waals surface area contributed by atoms with Gasteiger partial charge in [0.1, 0.15) is 11.4 Å². The maximum atomic E-state index is 12.2. The number of aromatic amines is 1. The van der Waals surface area contributed by atoms with E-state index in [1.165, 1.54) is 0 Å². The van der Waals surface area contributed by atoms with Crippen LogP contribution in [0.2, 0.25) is 0 Å². The van der Waals surface area contributed by atoms with Crippen molar-refractivity contribution in [2.45, 2.75) is 45.1 Å². The number of amides is 1. The first-order valence-electron chi connectivity index (χ1n) is 7.71. The number of ether oxygens (including phenoxy) is 1. The summed E-state index contributed by atoms with van der Waals surface area (Å²) < 4.78 is 5.46. The summed E-state index contributed by atoms with van der Waals surface area (Å²) in [5.74, 6) is 1.11. The molecule has 3 heterocycles. The molecule has 1 unspecified atom stereocenters. The van der Waals surface area contributed by atoms with Crippen LogP contribution >= 0.6 is 0 Å². The lowest BCUT2D eigenvalue weighted by Gasteiger charge is -2.33. The molecule has 2 aromatic rings. The lowest BCUT2D eigenvalue weighted by atomic mass is 9.98. The number of fused-ring (bicyclic) bond motifs is 1. The lowest BCUT2D eigenvalue weighted by Crippen LogP contribution is -2.42. The van der Waals surface area contributed by atoms with Gasteiger partial charge in [0.25, 0.3) is 0 Å². The predicted molar refractivity (Wildman–Crippen MR) is 83.7 cm³/mol. The Morgan fingerprint density at radius 2 is 2.27 bits per heavy atom. The number of nitrogens with one attached hydrogen (secondary N) is 1. The van der Waals surface area contributed by atoms with E-state index in [1.807, 2.05) is 32.9 Å². The van der Waals surface area contributed by atoms with Crippen molar-refractivity contribution in [3.8, 4) is 0 Å². The average Bonchev–Trinajstić information content (AvgIpc) is 2.89. The molecule has 22 heavy (non-hydrogen) atoms. The molecule has 6 heteroatoms. The summed E-state index contributed by atoms with van der Waals surface area (Å²) in [4.78, 5) is 26.1. The standard InChI is InChI=1S/C16H22N4O2/c1-16(2,3)22-15(21)20-9-5-6-11(10-20)13-18-12-7-4-8-17-14(12)19-13/h4,7-8,11H,5-6,9-10H2,1-3H3,(H,17,18,19). The number of likely N-dealkylation sites (tertiary alicyclic amines) is 1. The van der Waals surface area contributed by atoms with Gasteiger partial charge in [-0.3, -0.25) is 0 Å². The van der Waals surface area contributed by atoms with Crippen LogP contribution in [0.4, 0.5) is 4.79 Å². The van der Waals surface area contributed by atoms with Crippen LogP contribution in [-0.4, -0.2) is 44.6 Å². The zero-order valence-corrected chi connectivity index (χ0v) is 13.3. The number of piperidine rings is 1. The lowest BCUT2D eigenvalue weighted by molar-refractivity contribution is 0.0196. The van der Waals surface area contributed by atoms with Crippen LogP contribution in [0.5, 0.6) is 0 Å². The molecule has 6 nitrogen and oxygen atoms in total. The molecule has 0 radical (unpaired) electrons. The van der Waals surface area contributed by atoms with Gasteiger partial charge in [-0.2, -0.15) is 0 Å². The quantitative estimate of drug-likeness (QED) is 0.878. The molecule has 0 saturated carbocycles. The van der Waals surface area contributed by atoms with Crippen LogP contribution in [0.1, 0.15) is 45.4 Å². The van der Waals surface area contributed by atoms with E-state index in [9.17, 15) is 4.79 Å². The van der Waals surface area contributed by atoms with Gasteiger partial charge < -0.3 is 14.6 Å². The molecular formula is C16H22N4O2. The highest BCUT2D eigenvalue weighted by atomic mass is 16.6. The fourth-order valence-corrected chi connectivity index (χ4v) is 2.75. The van der Waals surface area contributed by atoms with Gasteiger partial charge in [-0.15, -0.1) is 0 Å². The summed E-state index contributed by atoms with van der Waals surface area (Å²) in [6.45, 7) is 7.03. The van der Waals surface area contributed by atoms with Gasteiger partial charge in [-0.05, 0) is 45.7 Å². The van der Waals surface area contributed by atoms with E-state index in [4.69, 9.17) is 4.74 Å². The molecule has 1 saturated heterocycles. The van der Waals surface area contributed by atoms with E-state index in [-0.39, 0.29) is 12.0 Å². The number of nitrogens with zero attached hydrogens (tertiary/aromatic N) is 3. The minimum atomic E-state index is -0.465. The van der Waals surface area contributed by atoms with Crippen molar-refractivity contribution in [3.05, 3.63) is 24.2 Å². The first-order chi connectivity index (χ1) is 10.4. The number of rotatable bonds is 1. The molecule has 2 aromatic heterocycles. The molecule has 1 atom stereocenters. The topological polar surface area (TPSA) is 71.1 Å². The third-order valence-electron chi connectivity index (χ3n) is 3.74. The average molecular weight is 302 g/mol. The molecule has 1 aliphatic heterocycles. The van der Waals surface area contributed by atoms with E-state index in [1.54, 1.807) is 11.1 Å². The van der Waals surface area contributed by atoms with Gasteiger partial charge in [0.2, 0.25) is 0 Å². The Bertz CT molecular complexity index is 641. The second-order valence-electron chi connectivity index (χ2n) is 6.76. The highest BCUT2D eigenvalue weighted by Gasteiger charge is 2.29. The van der Waals surface area contributed by atoms with E-state index in [0.717, 1.165) is 36.4 Å². The molecule has 1 amide bonds. The second kappa shape index (κ2) is 5.59. The van der Waals surface area contributed by atoms with Crippen molar-refractivity contribution in [1.29, 1.82) is 0 Å². The summed E-state index contributed by atoms with van der Waals surface area (Å²) >= 11 is 0. The van der Waals surface area contributed by atoms with Gasteiger partial charge in [0, 0.05) is 25.2 Å². The molecule has 1 N–H and O–H groups in total. The first kappa shape index (κ1) is 14.8. The number of H-pyrrole nitrogens is 1. The van der Waals surface area contributed by atoms with Gasteiger partial charge in [-0.1, -0.05) is 0 Å². The zero-order valence-electron chi connectivity index (χ0n) is 13.3. The summed E-state index contributed by atoms with van der Waals surface area (Å²) in [6.07, 6.45) is 3.46. The Balaban J connectivity index is 1.74. The highest BCUT2D eigenvalue weighted by Crippen LogP contribution is 2.27. The number of carbonyl (C=O) groups is 1. The van der Waals surface area contributed by atoms with Crippen LogP contribution in [-0.2, 0) is 4.74 Å². The first-order valence-corrected chi connectivity index (χ1v) is 7.71. The van der Waals surface area contributed by atoms with Gasteiger partial charge >= 0.3 is 6.09 Å². The van der Waals surface area contributed by atoms with Crippen LogP contribution in [0.3, 0.4) is 0 Å². The number of imidazole rings is 1. The summed E-state index contributed by atoms with van der Waals surface area (Å²) in [6, 6.07) is 3.85. The summed E-state index contributed by atoms with van der Waals surface area (Å²) in [7, 11) is 0. The third kappa shape index (κ3) is 3.21. The van der Waals surface area contributed by atoms with Crippen LogP contribution in [0.25, 0.3) is 11.2 Å². The van der Waals surface area contributed by atoms with E-state index in [0.29, 0.717) is 6.54 Å². The number of pyridine rings is 1. The number of hydrogen-bond donors (Lipinski definition) is 1. The smallest absolute Gasteiger partial charge is 0.410 e. The van der Waals surface area contributed by atoms with Gasteiger partial charge in [0.15, 0.2) is 5.65 Å². The second-order valence-corrected chi connectivity index (χ2v) is 6.76. The number of aromatic nitrogens is 3. The molecule has 3 rings (SSSR count). The van der Waals surface area contributed by atoms with Crippen molar-refractivity contribution < 1.29 is 9.53 Å². The van der Waals surface area contributed by atoms with Gasteiger partial charge in [0.05, 0.1) is 5.52 Å². The molecule has 0 bridgehead atoms. The minimum Gasteiger partial charge on any atom is -0.444 e. The SMILES string of the molecule is CC(C)(C)OC(=O)N1CCCC(c2nc3ncccc3[nH]2)C1. The Morgan fingerprint density at radius 1 is 1.45 bits per heavy atom. The summed E-state index contributed by atoms with van der Waals surface area (Å²) in [5.41, 5.74) is 1.20. The molecule has 118 valence electrons. The van der Waals surface area contributed by atoms with Crippen LogP contribution in [0, 0.1) is 0 Å². The Hall–Kier alpha value is -2.11. The Morgan fingerprint density at radius 3 is 3.00 bits per heavy atom. The van der Waals surface area contributed by atoms with E-state index in [2.05, 4.69) is 15.0 Å². The molecule has 1 aliphatic rings. The number of hydrogen-bond acceptors (Lipinski definition) is 4. The molecule has 0 aliphatic carbocycles. The van der Waals surface area contributed by atoms with Crippen molar-refractivity contribution in [3.63, 3.8) is 0 Å². The molecular weight excluding hydrogens is 280 g/mol. The summed E-state index contributed by atoms with van der Waals surface area (Å²) in [5, 5.41) is 0. The fraction of sp³-hybridized carbons (Fsp3) is 0.562. The van der Waals surface area contributed by atoms with Crippen molar-refractivity contribution in [2.24, 2.45) is 0 Å². The Kier molecular flexibility index (Phi) is 3.76. The molecule has 1 fully saturated rings. The van der Waals surface area contributed by atoms with Crippen LogP contribution < -0.4 is 0 Å². The predicted octanol–water partition coefficient (Wildman–Crippen LogP) is 3.07. The van der Waals surface area contributed by atoms with Crippen molar-refractivity contribution in [2.75, 3.05) is 13.1 Å². The van der Waals surface area contributed by atoms with E-state index < -0.39 is 5.60 Å². The van der Waals surface area contributed by atoms with Crippen LogP contribution in [0.15, 0.2) is 18.3 Å². The fourth-order valence-electron chi connectivity index (χ4n) is 2.75. The van der Waals surface area contributed by atoms with Gasteiger partial charge in [-0.25, -0.2) is 14.8 Å². The van der Waals surface area contributed by atoms with Crippen molar-refractivity contribution in [1.82, 2.24) is 19.9 Å². The number of carbonyl (C=O) groups excluding carboxylic acids is 1. The molecule has 0 aromatic carbocycles. The minimum absolute atomic E-state index is 0.204. The largest absolute Gasteiger partial charge is 0.444 e. The third-order valence-corrected chi connectivity index (χ3v) is 3.74. The van der Waals surface area contributed by atoms with E-state index >= 15 is 0 Å². The van der Waals surface area contributed by atoms with Crippen molar-refractivity contribution >= 4 is 17.3 Å². The maximum absolute atomic E-state index is 12.2. The Labute approximate surface area is 129 Å². The zero-order chi connectivity index (χ0) is 15.7. The maximum Gasteiger partial charge on any atom is 0.410 e.